The zero-order chi connectivity index (χ0) is 22.1. The number of nitrogens with zero attached hydrogens (tertiary/aromatic N) is 3. The molecule has 1 aromatic heterocycles. The fourth-order valence-electron chi connectivity index (χ4n) is 2.14. The number of alkyl halides is 3. The third-order valence-corrected chi connectivity index (χ3v) is 6.17. The van der Waals surface area contributed by atoms with Gasteiger partial charge in [-0.05, 0) is 18.2 Å². The van der Waals surface area contributed by atoms with E-state index in [2.05, 4.69) is 10.4 Å². The molecule has 0 atom stereocenters. The maximum Gasteiger partial charge on any atom is 0.417 e. The van der Waals surface area contributed by atoms with E-state index < -0.39 is 44.7 Å². The van der Waals surface area contributed by atoms with Crippen LogP contribution in [0, 0.1) is 0 Å². The molecule has 0 unspecified atom stereocenters. The van der Waals surface area contributed by atoms with Crippen molar-refractivity contribution in [1.29, 1.82) is 0 Å². The molecule has 158 valence electrons. The van der Waals surface area contributed by atoms with Crippen molar-refractivity contribution < 1.29 is 26.4 Å². The molecule has 1 heterocycles. The van der Waals surface area contributed by atoms with Gasteiger partial charge < -0.3 is 5.32 Å². The molecule has 1 aromatic carbocycles. The number of amides is 1. The van der Waals surface area contributed by atoms with Gasteiger partial charge in [0.05, 0.1) is 21.7 Å². The summed E-state index contributed by atoms with van der Waals surface area (Å²) >= 11 is 11.3. The van der Waals surface area contributed by atoms with Crippen LogP contribution in [-0.2, 0) is 27.5 Å². The molecular weight excluding hydrogens is 460 g/mol. The first-order valence-electron chi connectivity index (χ1n) is 7.60. The maximum absolute atomic E-state index is 13.2. The number of hydrogen-bond acceptors (Lipinski definition) is 5. The highest BCUT2D eigenvalue weighted by Crippen LogP contribution is 2.36. The van der Waals surface area contributed by atoms with Crippen molar-refractivity contribution in [2.24, 2.45) is 0 Å². The average molecular weight is 473 g/mol. The molecule has 0 fully saturated rings. The number of hydrogen-bond donors (Lipinski definition) is 1. The molecule has 0 aliphatic heterocycles. The van der Waals surface area contributed by atoms with Gasteiger partial charge >= 0.3 is 6.18 Å². The summed E-state index contributed by atoms with van der Waals surface area (Å²) < 4.78 is 65.4. The van der Waals surface area contributed by atoms with Crippen molar-refractivity contribution in [3.63, 3.8) is 0 Å². The Hall–Kier alpha value is -2.15. The summed E-state index contributed by atoms with van der Waals surface area (Å²) in [6, 6.07) is 2.11. The monoisotopic (exact) mass is 472 g/mol. The van der Waals surface area contributed by atoms with Crippen LogP contribution in [0.2, 0.25) is 10.0 Å². The lowest BCUT2D eigenvalue weighted by molar-refractivity contribution is -0.139. The Morgan fingerprint density at radius 2 is 1.90 bits per heavy atom. The van der Waals surface area contributed by atoms with E-state index in [-0.39, 0.29) is 15.7 Å². The Bertz CT molecular complexity index is 1120. The Kier molecular flexibility index (Phi) is 6.62. The summed E-state index contributed by atoms with van der Waals surface area (Å²) in [6.07, 6.45) is -3.89. The number of rotatable bonds is 5. The van der Waals surface area contributed by atoms with E-state index in [1.54, 1.807) is 0 Å². The van der Waals surface area contributed by atoms with Gasteiger partial charge in [0.1, 0.15) is 11.6 Å². The van der Waals surface area contributed by atoms with Crippen molar-refractivity contribution in [2.75, 3.05) is 19.4 Å². The summed E-state index contributed by atoms with van der Waals surface area (Å²) in [5.74, 6) is -0.856. The number of halogens is 5. The largest absolute Gasteiger partial charge is 0.417 e. The van der Waals surface area contributed by atoms with Gasteiger partial charge in [0.25, 0.3) is 5.56 Å². The third kappa shape index (κ3) is 5.07. The maximum atomic E-state index is 13.2. The van der Waals surface area contributed by atoms with Crippen LogP contribution < -0.4 is 10.9 Å². The molecule has 0 aliphatic rings. The second-order valence-corrected chi connectivity index (χ2v) is 8.72. The van der Waals surface area contributed by atoms with Gasteiger partial charge in [-0.15, -0.1) is 0 Å². The van der Waals surface area contributed by atoms with Crippen LogP contribution >= 0.6 is 23.2 Å². The highest BCUT2D eigenvalue weighted by Gasteiger charge is 2.38. The topological polar surface area (TPSA) is 101 Å². The van der Waals surface area contributed by atoms with Crippen molar-refractivity contribution >= 4 is 44.8 Å². The lowest BCUT2D eigenvalue weighted by Gasteiger charge is -2.18. The molecule has 0 saturated carbocycles. The number of carbonyl (C=O) groups is 1. The average Bonchev–Trinajstić information content (AvgIpc) is 2.61. The molecule has 0 bridgehead atoms. The van der Waals surface area contributed by atoms with Crippen LogP contribution in [0.1, 0.15) is 5.56 Å². The Labute approximate surface area is 172 Å². The molecule has 0 spiro atoms. The SMILES string of the molecule is CN(C)S(=O)(=O)c1cc(NC(=O)Cn2ncc(Cl)c(Cl)c2=O)ccc1C(F)(F)F. The zero-order valence-electron chi connectivity index (χ0n) is 14.8. The smallest absolute Gasteiger partial charge is 0.324 e. The van der Waals surface area contributed by atoms with Crippen LogP contribution in [0.25, 0.3) is 0 Å². The Morgan fingerprint density at radius 3 is 2.45 bits per heavy atom. The van der Waals surface area contributed by atoms with Crippen molar-refractivity contribution in [1.82, 2.24) is 14.1 Å². The standard InChI is InChI=1S/C15H13Cl2F3N4O4S/c1-23(2)29(27,28)11-5-8(3-4-9(11)15(18,19)20)22-12(25)7-24-14(26)13(17)10(16)6-21-24/h3-6H,7H2,1-2H3,(H,22,25). The summed E-state index contributed by atoms with van der Waals surface area (Å²) in [5, 5.41) is 5.36. The zero-order valence-corrected chi connectivity index (χ0v) is 17.1. The van der Waals surface area contributed by atoms with Gasteiger partial charge in [0.2, 0.25) is 15.9 Å². The van der Waals surface area contributed by atoms with Crippen molar-refractivity contribution in [3.8, 4) is 0 Å². The molecule has 1 amide bonds. The quantitative estimate of drug-likeness (QED) is 0.719. The van der Waals surface area contributed by atoms with E-state index >= 15 is 0 Å². The molecule has 29 heavy (non-hydrogen) atoms. The molecule has 14 heteroatoms. The number of aromatic nitrogens is 2. The summed E-state index contributed by atoms with van der Waals surface area (Å²) in [7, 11) is -2.32. The van der Waals surface area contributed by atoms with Gasteiger partial charge in [-0.25, -0.2) is 17.4 Å². The van der Waals surface area contributed by atoms with Crippen LogP contribution in [0.5, 0.6) is 0 Å². The normalized spacial score (nSPS) is 12.3. The molecule has 2 rings (SSSR count). The molecule has 0 radical (unpaired) electrons. The van der Waals surface area contributed by atoms with E-state index in [4.69, 9.17) is 23.2 Å². The Morgan fingerprint density at radius 1 is 1.28 bits per heavy atom. The van der Waals surface area contributed by atoms with Gasteiger partial charge in [-0.2, -0.15) is 18.3 Å². The number of nitrogens with one attached hydrogen (secondary N) is 1. The minimum atomic E-state index is -4.93. The first-order chi connectivity index (χ1) is 13.2. The molecular formula is C15H13Cl2F3N4O4S. The summed E-state index contributed by atoms with van der Waals surface area (Å²) in [4.78, 5) is 23.0. The van der Waals surface area contributed by atoms with E-state index in [9.17, 15) is 31.2 Å². The minimum absolute atomic E-state index is 0.116. The Balaban J connectivity index is 2.38. The molecule has 8 nitrogen and oxygen atoms in total. The lowest BCUT2D eigenvalue weighted by atomic mass is 10.2. The van der Waals surface area contributed by atoms with Crippen molar-refractivity contribution in [2.45, 2.75) is 17.6 Å². The second kappa shape index (κ2) is 8.30. The van der Waals surface area contributed by atoms with Crippen molar-refractivity contribution in [3.05, 3.63) is 50.4 Å². The number of benzene rings is 1. The van der Waals surface area contributed by atoms with Gasteiger partial charge in [-0.1, -0.05) is 23.2 Å². The first-order valence-corrected chi connectivity index (χ1v) is 9.79. The molecule has 2 aromatic rings. The second-order valence-electron chi connectivity index (χ2n) is 5.81. The van der Waals surface area contributed by atoms with Gasteiger partial charge in [0.15, 0.2) is 0 Å². The van der Waals surface area contributed by atoms with Crippen LogP contribution in [-0.4, -0.2) is 42.5 Å². The molecule has 0 saturated heterocycles. The fourth-order valence-corrected chi connectivity index (χ4v) is 3.54. The van der Waals surface area contributed by atoms with Crippen LogP contribution in [0.4, 0.5) is 18.9 Å². The molecule has 0 aliphatic carbocycles. The fraction of sp³-hybridized carbons (Fsp3) is 0.267. The summed E-state index contributed by atoms with van der Waals surface area (Å²) in [6.45, 7) is -0.632. The number of carbonyl (C=O) groups excluding carboxylic acids is 1. The van der Waals surface area contributed by atoms with Gasteiger partial charge in [-0.3, -0.25) is 9.59 Å². The highest BCUT2D eigenvalue weighted by molar-refractivity contribution is 7.89. The number of anilines is 1. The van der Waals surface area contributed by atoms with Gasteiger partial charge in [0, 0.05) is 19.8 Å². The van der Waals surface area contributed by atoms with E-state index in [1.165, 1.54) is 0 Å². The predicted molar refractivity (Wildman–Crippen MR) is 99.5 cm³/mol. The van der Waals surface area contributed by atoms with E-state index in [1.807, 2.05) is 0 Å². The predicted octanol–water partition coefficient (Wildman–Crippen LogP) is 2.46. The first kappa shape index (κ1) is 23.1. The lowest BCUT2D eigenvalue weighted by Crippen LogP contribution is -2.30. The van der Waals surface area contributed by atoms with E-state index in [0.29, 0.717) is 21.1 Å². The molecule has 1 N–H and O–H groups in total. The minimum Gasteiger partial charge on any atom is -0.324 e. The third-order valence-electron chi connectivity index (χ3n) is 3.57. The highest BCUT2D eigenvalue weighted by atomic mass is 35.5. The number of sulfonamides is 1. The van der Waals surface area contributed by atoms with Crippen LogP contribution in [0.3, 0.4) is 0 Å². The summed E-state index contributed by atoms with van der Waals surface area (Å²) in [5.41, 5.74) is -2.46. The van der Waals surface area contributed by atoms with E-state index in [0.717, 1.165) is 26.4 Å². The van der Waals surface area contributed by atoms with Crippen LogP contribution in [0.15, 0.2) is 34.1 Å².